The van der Waals surface area contributed by atoms with Gasteiger partial charge in [0.2, 0.25) is 0 Å². The first-order chi connectivity index (χ1) is 7.56. The normalized spacial score (nSPS) is 13.8. The van der Waals surface area contributed by atoms with Crippen LogP contribution >= 0.6 is 0 Å². The van der Waals surface area contributed by atoms with Gasteiger partial charge in [0.15, 0.2) is 0 Å². The van der Waals surface area contributed by atoms with Crippen LogP contribution in [0.25, 0.3) is 0 Å². The fraction of sp³-hybridized carbons (Fsp3) is 0.571. The molecule has 0 spiro atoms. The minimum absolute atomic E-state index is 0.171. The number of rotatable bonds is 6. The SMILES string of the molecule is CC(CCN)NCC(C)(C)c1ccccc1. The molecule has 1 atom stereocenters. The van der Waals surface area contributed by atoms with Crippen molar-refractivity contribution in [3.63, 3.8) is 0 Å². The van der Waals surface area contributed by atoms with Crippen LogP contribution in [0.1, 0.15) is 32.8 Å². The summed E-state index contributed by atoms with van der Waals surface area (Å²) < 4.78 is 0. The van der Waals surface area contributed by atoms with Crippen LogP contribution in [0, 0.1) is 0 Å². The highest BCUT2D eigenvalue weighted by Gasteiger charge is 2.20. The molecule has 0 radical (unpaired) electrons. The minimum atomic E-state index is 0.171. The monoisotopic (exact) mass is 220 g/mol. The molecule has 0 saturated carbocycles. The summed E-state index contributed by atoms with van der Waals surface area (Å²) in [5, 5.41) is 3.54. The Kier molecular flexibility index (Phi) is 4.97. The molecule has 2 nitrogen and oxygen atoms in total. The van der Waals surface area contributed by atoms with Crippen LogP contribution in [0.15, 0.2) is 30.3 Å². The maximum absolute atomic E-state index is 5.54. The van der Waals surface area contributed by atoms with Gasteiger partial charge in [-0.3, -0.25) is 0 Å². The van der Waals surface area contributed by atoms with Crippen molar-refractivity contribution in [2.24, 2.45) is 5.73 Å². The summed E-state index contributed by atoms with van der Waals surface area (Å²) in [7, 11) is 0. The van der Waals surface area contributed by atoms with E-state index >= 15 is 0 Å². The van der Waals surface area contributed by atoms with Gasteiger partial charge in [-0.05, 0) is 25.5 Å². The minimum Gasteiger partial charge on any atom is -0.330 e. The Hall–Kier alpha value is -0.860. The van der Waals surface area contributed by atoms with Gasteiger partial charge < -0.3 is 11.1 Å². The Morgan fingerprint density at radius 1 is 1.25 bits per heavy atom. The molecule has 0 heterocycles. The molecular weight excluding hydrogens is 196 g/mol. The van der Waals surface area contributed by atoms with Gasteiger partial charge in [-0.15, -0.1) is 0 Å². The van der Waals surface area contributed by atoms with E-state index in [0.29, 0.717) is 6.04 Å². The Morgan fingerprint density at radius 3 is 2.44 bits per heavy atom. The maximum Gasteiger partial charge on any atom is 0.00510 e. The van der Waals surface area contributed by atoms with Crippen molar-refractivity contribution in [2.75, 3.05) is 13.1 Å². The third kappa shape index (κ3) is 3.95. The largest absolute Gasteiger partial charge is 0.330 e. The van der Waals surface area contributed by atoms with E-state index in [9.17, 15) is 0 Å². The molecule has 1 aromatic rings. The van der Waals surface area contributed by atoms with Crippen LogP contribution in [0.3, 0.4) is 0 Å². The standard InChI is InChI=1S/C14H24N2/c1-12(9-10-15)16-11-14(2,3)13-7-5-4-6-8-13/h4-8,12,16H,9-11,15H2,1-3H3. The van der Waals surface area contributed by atoms with Crippen LogP contribution in [0.2, 0.25) is 0 Å². The highest BCUT2D eigenvalue weighted by Crippen LogP contribution is 2.21. The van der Waals surface area contributed by atoms with Gasteiger partial charge in [-0.2, -0.15) is 0 Å². The Balaban J connectivity index is 2.52. The molecule has 0 bridgehead atoms. The topological polar surface area (TPSA) is 38.0 Å². The van der Waals surface area contributed by atoms with Crippen LogP contribution < -0.4 is 11.1 Å². The fourth-order valence-corrected chi connectivity index (χ4v) is 1.77. The van der Waals surface area contributed by atoms with E-state index in [1.54, 1.807) is 0 Å². The Bertz CT molecular complexity index is 293. The average Bonchev–Trinajstić information content (AvgIpc) is 2.28. The van der Waals surface area contributed by atoms with Gasteiger partial charge in [0.25, 0.3) is 0 Å². The quantitative estimate of drug-likeness (QED) is 0.772. The van der Waals surface area contributed by atoms with Crippen LogP contribution in [0.4, 0.5) is 0 Å². The molecule has 3 N–H and O–H groups in total. The lowest BCUT2D eigenvalue weighted by molar-refractivity contribution is 0.419. The summed E-state index contributed by atoms with van der Waals surface area (Å²) in [6.45, 7) is 8.46. The summed E-state index contributed by atoms with van der Waals surface area (Å²) in [5.74, 6) is 0. The third-order valence-corrected chi connectivity index (χ3v) is 3.05. The van der Waals surface area contributed by atoms with E-state index in [1.807, 2.05) is 0 Å². The van der Waals surface area contributed by atoms with Crippen molar-refractivity contribution < 1.29 is 0 Å². The average molecular weight is 220 g/mol. The second kappa shape index (κ2) is 6.02. The van der Waals surface area contributed by atoms with Crippen molar-refractivity contribution in [1.29, 1.82) is 0 Å². The lowest BCUT2D eigenvalue weighted by Gasteiger charge is -2.27. The Labute approximate surface area is 99.2 Å². The van der Waals surface area contributed by atoms with Crippen molar-refractivity contribution >= 4 is 0 Å². The molecule has 1 rings (SSSR count). The first-order valence-electron chi connectivity index (χ1n) is 6.05. The molecule has 0 fully saturated rings. The first kappa shape index (κ1) is 13.2. The highest BCUT2D eigenvalue weighted by atomic mass is 14.9. The predicted octanol–water partition coefficient (Wildman–Crippen LogP) is 2.29. The lowest BCUT2D eigenvalue weighted by atomic mass is 9.84. The first-order valence-corrected chi connectivity index (χ1v) is 6.05. The summed E-state index contributed by atoms with van der Waals surface area (Å²) in [6, 6.07) is 11.1. The molecule has 0 aromatic heterocycles. The summed E-state index contributed by atoms with van der Waals surface area (Å²) in [5.41, 5.74) is 7.09. The molecule has 0 amide bonds. The van der Waals surface area contributed by atoms with E-state index in [4.69, 9.17) is 5.73 Å². The maximum atomic E-state index is 5.54. The third-order valence-electron chi connectivity index (χ3n) is 3.05. The number of nitrogens with one attached hydrogen (secondary N) is 1. The van der Waals surface area contributed by atoms with Gasteiger partial charge in [-0.25, -0.2) is 0 Å². The van der Waals surface area contributed by atoms with Crippen molar-refractivity contribution in [3.8, 4) is 0 Å². The summed E-state index contributed by atoms with van der Waals surface area (Å²) in [6.07, 6.45) is 1.03. The fourth-order valence-electron chi connectivity index (χ4n) is 1.77. The molecule has 0 saturated heterocycles. The van der Waals surface area contributed by atoms with E-state index in [-0.39, 0.29) is 5.41 Å². The zero-order valence-electron chi connectivity index (χ0n) is 10.7. The number of hydrogen-bond acceptors (Lipinski definition) is 2. The zero-order chi connectivity index (χ0) is 12.0. The molecule has 90 valence electrons. The molecule has 1 unspecified atom stereocenters. The molecule has 0 aliphatic carbocycles. The molecule has 2 heteroatoms. The van der Waals surface area contributed by atoms with E-state index in [1.165, 1.54) is 5.56 Å². The van der Waals surface area contributed by atoms with E-state index < -0.39 is 0 Å². The molecule has 16 heavy (non-hydrogen) atoms. The zero-order valence-corrected chi connectivity index (χ0v) is 10.7. The molecule has 1 aromatic carbocycles. The molecule has 0 aliphatic rings. The van der Waals surface area contributed by atoms with Gasteiger partial charge in [0.1, 0.15) is 0 Å². The van der Waals surface area contributed by atoms with Gasteiger partial charge in [-0.1, -0.05) is 44.2 Å². The molecular formula is C14H24N2. The van der Waals surface area contributed by atoms with Crippen LogP contribution in [-0.4, -0.2) is 19.1 Å². The van der Waals surface area contributed by atoms with Crippen LogP contribution in [0.5, 0.6) is 0 Å². The second-order valence-electron chi connectivity index (χ2n) is 5.11. The van der Waals surface area contributed by atoms with Gasteiger partial charge >= 0.3 is 0 Å². The highest BCUT2D eigenvalue weighted by molar-refractivity contribution is 5.23. The van der Waals surface area contributed by atoms with Crippen molar-refractivity contribution in [2.45, 2.75) is 38.6 Å². The second-order valence-corrected chi connectivity index (χ2v) is 5.11. The number of hydrogen-bond donors (Lipinski definition) is 2. The van der Waals surface area contributed by atoms with Gasteiger partial charge in [0.05, 0.1) is 0 Å². The summed E-state index contributed by atoms with van der Waals surface area (Å²) in [4.78, 5) is 0. The lowest BCUT2D eigenvalue weighted by Crippen LogP contribution is -2.38. The van der Waals surface area contributed by atoms with Crippen molar-refractivity contribution in [1.82, 2.24) is 5.32 Å². The predicted molar refractivity (Wildman–Crippen MR) is 70.6 cm³/mol. The van der Waals surface area contributed by atoms with Gasteiger partial charge in [0, 0.05) is 18.0 Å². The summed E-state index contributed by atoms with van der Waals surface area (Å²) >= 11 is 0. The number of benzene rings is 1. The molecule has 0 aliphatic heterocycles. The van der Waals surface area contributed by atoms with Crippen molar-refractivity contribution in [3.05, 3.63) is 35.9 Å². The Morgan fingerprint density at radius 2 is 1.88 bits per heavy atom. The van der Waals surface area contributed by atoms with E-state index in [2.05, 4.69) is 56.4 Å². The van der Waals surface area contributed by atoms with E-state index in [0.717, 1.165) is 19.5 Å². The smallest absolute Gasteiger partial charge is 0.00510 e. The van der Waals surface area contributed by atoms with Crippen LogP contribution in [-0.2, 0) is 5.41 Å². The number of nitrogens with two attached hydrogens (primary N) is 1.